The Labute approximate surface area is 147 Å². The van der Waals surface area contributed by atoms with Crippen molar-refractivity contribution in [1.29, 1.82) is 0 Å². The minimum absolute atomic E-state index is 0.155. The Morgan fingerprint density at radius 1 is 1.25 bits per heavy atom. The number of hydrazone groups is 1. The standard InChI is InChI=1S/C16H13Cl2N3O3/c1-9(22)21-16(12-5-4-11(17)7-13(12)18)24-15(19-21)10-3-6-14(23)20(2)8-10/h3-8,16H,1-2H3/t16-/m0/s1. The Morgan fingerprint density at radius 3 is 2.62 bits per heavy atom. The number of halogens is 2. The highest BCUT2D eigenvalue weighted by Gasteiger charge is 2.34. The fraction of sp³-hybridized carbons (Fsp3) is 0.188. The van der Waals surface area contributed by atoms with E-state index in [4.69, 9.17) is 27.9 Å². The number of amides is 1. The summed E-state index contributed by atoms with van der Waals surface area (Å²) >= 11 is 12.1. The smallest absolute Gasteiger partial charge is 0.250 e. The normalized spacial score (nSPS) is 16.8. The zero-order chi connectivity index (χ0) is 17.4. The first-order valence-electron chi connectivity index (χ1n) is 7.04. The van der Waals surface area contributed by atoms with Gasteiger partial charge in [-0.3, -0.25) is 9.59 Å². The lowest BCUT2D eigenvalue weighted by Gasteiger charge is -2.20. The second-order valence-corrected chi connectivity index (χ2v) is 6.12. The molecule has 0 N–H and O–H groups in total. The van der Waals surface area contributed by atoms with Crippen LogP contribution in [-0.4, -0.2) is 21.4 Å². The van der Waals surface area contributed by atoms with Crippen LogP contribution in [0.3, 0.4) is 0 Å². The fourth-order valence-corrected chi connectivity index (χ4v) is 2.81. The predicted molar refractivity (Wildman–Crippen MR) is 91.0 cm³/mol. The molecule has 0 bridgehead atoms. The maximum absolute atomic E-state index is 11.9. The summed E-state index contributed by atoms with van der Waals surface area (Å²) in [7, 11) is 1.62. The van der Waals surface area contributed by atoms with Crippen LogP contribution in [-0.2, 0) is 16.6 Å². The van der Waals surface area contributed by atoms with Gasteiger partial charge in [-0.15, -0.1) is 5.10 Å². The van der Waals surface area contributed by atoms with Gasteiger partial charge in [-0.25, -0.2) is 0 Å². The largest absolute Gasteiger partial charge is 0.446 e. The summed E-state index contributed by atoms with van der Waals surface area (Å²) in [6.07, 6.45) is 0.796. The minimum atomic E-state index is -0.792. The number of nitrogens with zero attached hydrogens (tertiary/aromatic N) is 3. The molecule has 6 nitrogen and oxygen atoms in total. The molecule has 1 amide bonds. The highest BCUT2D eigenvalue weighted by molar-refractivity contribution is 6.35. The summed E-state index contributed by atoms with van der Waals surface area (Å²) in [5.41, 5.74) is 0.994. The summed E-state index contributed by atoms with van der Waals surface area (Å²) in [5, 5.41) is 6.28. The zero-order valence-corrected chi connectivity index (χ0v) is 14.4. The highest BCUT2D eigenvalue weighted by atomic mass is 35.5. The molecule has 24 heavy (non-hydrogen) atoms. The average Bonchev–Trinajstić information content (AvgIpc) is 2.95. The van der Waals surface area contributed by atoms with Gasteiger partial charge in [0.05, 0.1) is 10.6 Å². The lowest BCUT2D eigenvalue weighted by atomic mass is 10.2. The summed E-state index contributed by atoms with van der Waals surface area (Å²) in [4.78, 5) is 23.4. The molecule has 0 fully saturated rings. The van der Waals surface area contributed by atoms with E-state index < -0.39 is 6.23 Å². The van der Waals surface area contributed by atoms with Crippen molar-refractivity contribution in [2.24, 2.45) is 12.1 Å². The first-order valence-corrected chi connectivity index (χ1v) is 7.79. The van der Waals surface area contributed by atoms with Gasteiger partial charge in [0.25, 0.3) is 0 Å². The molecule has 0 saturated heterocycles. The molecule has 1 atom stereocenters. The number of aryl methyl sites for hydroxylation is 1. The van der Waals surface area contributed by atoms with Crippen LogP contribution < -0.4 is 5.56 Å². The van der Waals surface area contributed by atoms with Gasteiger partial charge in [0, 0.05) is 36.8 Å². The molecule has 0 unspecified atom stereocenters. The van der Waals surface area contributed by atoms with E-state index in [-0.39, 0.29) is 17.4 Å². The molecule has 3 rings (SSSR count). The molecule has 1 aromatic carbocycles. The first kappa shape index (κ1) is 16.5. The second kappa shape index (κ2) is 6.30. The molecule has 0 aliphatic carbocycles. The van der Waals surface area contributed by atoms with E-state index in [2.05, 4.69) is 5.10 Å². The van der Waals surface area contributed by atoms with Crippen LogP contribution in [0.5, 0.6) is 0 Å². The molecule has 8 heteroatoms. The zero-order valence-electron chi connectivity index (χ0n) is 12.9. The summed E-state index contributed by atoms with van der Waals surface area (Å²) in [6.45, 7) is 1.38. The van der Waals surface area contributed by atoms with Crippen LogP contribution in [0.25, 0.3) is 0 Å². The molecular weight excluding hydrogens is 353 g/mol. The number of hydrogen-bond acceptors (Lipinski definition) is 4. The Kier molecular flexibility index (Phi) is 4.34. The maximum Gasteiger partial charge on any atom is 0.250 e. The van der Waals surface area contributed by atoms with Crippen molar-refractivity contribution in [1.82, 2.24) is 9.58 Å². The number of ether oxygens (including phenoxy) is 1. The van der Waals surface area contributed by atoms with E-state index in [0.717, 1.165) is 0 Å². The van der Waals surface area contributed by atoms with E-state index >= 15 is 0 Å². The first-order chi connectivity index (χ1) is 11.4. The molecule has 124 valence electrons. The van der Waals surface area contributed by atoms with Crippen molar-refractivity contribution in [3.8, 4) is 0 Å². The number of pyridine rings is 1. The molecular formula is C16H13Cl2N3O3. The Morgan fingerprint density at radius 2 is 2.00 bits per heavy atom. The van der Waals surface area contributed by atoms with Crippen LogP contribution in [0.15, 0.2) is 46.4 Å². The van der Waals surface area contributed by atoms with E-state index in [0.29, 0.717) is 21.2 Å². The second-order valence-electron chi connectivity index (χ2n) is 5.27. The highest BCUT2D eigenvalue weighted by Crippen LogP contribution is 2.35. The topological polar surface area (TPSA) is 63.9 Å². The van der Waals surface area contributed by atoms with Crippen LogP contribution in [0, 0.1) is 0 Å². The lowest BCUT2D eigenvalue weighted by Crippen LogP contribution is -2.25. The monoisotopic (exact) mass is 365 g/mol. The third-order valence-corrected chi connectivity index (χ3v) is 4.09. The average molecular weight is 366 g/mol. The summed E-state index contributed by atoms with van der Waals surface area (Å²) < 4.78 is 7.24. The molecule has 2 aromatic rings. The van der Waals surface area contributed by atoms with Crippen molar-refractivity contribution in [2.45, 2.75) is 13.2 Å². The van der Waals surface area contributed by atoms with Crippen LogP contribution in [0.1, 0.15) is 24.3 Å². The quantitative estimate of drug-likeness (QED) is 0.821. The van der Waals surface area contributed by atoms with Gasteiger partial charge in [0.15, 0.2) is 0 Å². The van der Waals surface area contributed by atoms with Crippen molar-refractivity contribution in [3.05, 3.63) is 68.1 Å². The molecule has 0 spiro atoms. The maximum atomic E-state index is 11.9. The van der Waals surface area contributed by atoms with E-state index in [9.17, 15) is 9.59 Å². The fourth-order valence-electron chi connectivity index (χ4n) is 2.31. The Balaban J connectivity index is 2.00. The molecule has 1 aromatic heterocycles. The molecule has 2 heterocycles. The van der Waals surface area contributed by atoms with Crippen molar-refractivity contribution < 1.29 is 9.53 Å². The number of rotatable bonds is 2. The SMILES string of the molecule is CC(=O)N1N=C(c2ccc(=O)n(C)c2)O[C@H]1c1ccc(Cl)cc1Cl. The third-order valence-electron chi connectivity index (χ3n) is 3.53. The van der Waals surface area contributed by atoms with Crippen LogP contribution in [0.2, 0.25) is 10.0 Å². The number of benzene rings is 1. The summed E-state index contributed by atoms with van der Waals surface area (Å²) in [6, 6.07) is 7.91. The van der Waals surface area contributed by atoms with Gasteiger partial charge < -0.3 is 9.30 Å². The number of aromatic nitrogens is 1. The lowest BCUT2D eigenvalue weighted by molar-refractivity contribution is -0.135. The van der Waals surface area contributed by atoms with Gasteiger partial charge in [-0.1, -0.05) is 29.3 Å². The van der Waals surface area contributed by atoms with E-state index in [1.54, 1.807) is 37.5 Å². The molecule has 1 aliphatic rings. The predicted octanol–water partition coefficient (Wildman–Crippen LogP) is 2.93. The van der Waals surface area contributed by atoms with E-state index in [1.165, 1.54) is 22.6 Å². The van der Waals surface area contributed by atoms with Gasteiger partial charge in [0.2, 0.25) is 23.6 Å². The van der Waals surface area contributed by atoms with Crippen molar-refractivity contribution in [2.75, 3.05) is 0 Å². The van der Waals surface area contributed by atoms with Crippen molar-refractivity contribution >= 4 is 35.0 Å². The number of carbonyl (C=O) groups is 1. The molecule has 0 radical (unpaired) electrons. The van der Waals surface area contributed by atoms with Crippen LogP contribution in [0.4, 0.5) is 0 Å². The van der Waals surface area contributed by atoms with Gasteiger partial charge in [-0.05, 0) is 18.2 Å². The van der Waals surface area contributed by atoms with Crippen LogP contribution >= 0.6 is 23.2 Å². The van der Waals surface area contributed by atoms with Gasteiger partial charge in [0.1, 0.15) is 0 Å². The van der Waals surface area contributed by atoms with Crippen molar-refractivity contribution in [3.63, 3.8) is 0 Å². The number of hydrogen-bond donors (Lipinski definition) is 0. The Hall–Kier alpha value is -2.31. The summed E-state index contributed by atoms with van der Waals surface area (Å²) in [5.74, 6) is -0.0670. The molecule has 1 aliphatic heterocycles. The Bertz CT molecular complexity index is 908. The number of carbonyl (C=O) groups excluding carboxylic acids is 1. The molecule has 0 saturated carbocycles. The van der Waals surface area contributed by atoms with E-state index in [1.807, 2.05) is 0 Å². The van der Waals surface area contributed by atoms with Gasteiger partial charge in [-0.2, -0.15) is 5.01 Å². The minimum Gasteiger partial charge on any atom is -0.446 e. The van der Waals surface area contributed by atoms with Gasteiger partial charge >= 0.3 is 0 Å². The third kappa shape index (κ3) is 3.02.